The summed E-state index contributed by atoms with van der Waals surface area (Å²) in [5, 5.41) is 0. The number of hydrogen-bond acceptors (Lipinski definition) is 3. The lowest BCUT2D eigenvalue weighted by molar-refractivity contribution is 0.0600. The van der Waals surface area contributed by atoms with Gasteiger partial charge in [-0.3, -0.25) is 0 Å². The van der Waals surface area contributed by atoms with Gasteiger partial charge in [-0.15, -0.1) is 0 Å². The van der Waals surface area contributed by atoms with Crippen molar-refractivity contribution in [1.82, 2.24) is 9.38 Å². The first kappa shape index (κ1) is 14.3. The highest BCUT2D eigenvalue weighted by Crippen LogP contribution is 2.22. The third-order valence-electron chi connectivity index (χ3n) is 3.26. The van der Waals surface area contributed by atoms with Crippen molar-refractivity contribution >= 4 is 24.9 Å². The number of carbonyl (C=O) groups is 1. The van der Waals surface area contributed by atoms with E-state index in [9.17, 15) is 13.6 Å². The molecule has 0 amide bonds. The fourth-order valence-corrected chi connectivity index (χ4v) is 2.17. The lowest BCUT2D eigenvalue weighted by atomic mass is 9.89. The second-order valence-electron chi connectivity index (χ2n) is 4.62. The number of nitrogens with zero attached hydrogens (tertiary/aromatic N) is 2. The average Bonchev–Trinajstić information content (AvgIpc) is 2.93. The molecule has 108 valence electrons. The predicted octanol–water partition coefficient (Wildman–Crippen LogP) is 1.86. The molecule has 0 aliphatic carbocycles. The smallest absolute Gasteiger partial charge is 0.338 e. The molecule has 2 radical (unpaired) electrons. The molecule has 3 rings (SSSR count). The predicted molar refractivity (Wildman–Crippen MR) is 77.3 cm³/mol. The van der Waals surface area contributed by atoms with Crippen molar-refractivity contribution in [2.24, 2.45) is 0 Å². The van der Waals surface area contributed by atoms with Crippen molar-refractivity contribution in [3.8, 4) is 11.3 Å². The zero-order chi connectivity index (χ0) is 15.9. The van der Waals surface area contributed by atoms with Crippen molar-refractivity contribution in [2.75, 3.05) is 7.11 Å². The molecule has 1 aromatic carbocycles. The van der Waals surface area contributed by atoms with E-state index in [1.807, 2.05) is 0 Å². The number of aromatic nitrogens is 2. The van der Waals surface area contributed by atoms with Gasteiger partial charge in [0.1, 0.15) is 13.5 Å². The fraction of sp³-hybridized carbons (Fsp3) is 0.0667. The van der Waals surface area contributed by atoms with Crippen LogP contribution in [0.4, 0.5) is 8.78 Å². The molecule has 0 unspecified atom stereocenters. The van der Waals surface area contributed by atoms with Crippen molar-refractivity contribution in [1.29, 1.82) is 0 Å². The van der Waals surface area contributed by atoms with Crippen molar-refractivity contribution in [2.45, 2.75) is 0 Å². The average molecular weight is 298 g/mol. The molecule has 3 aromatic rings. The minimum Gasteiger partial charge on any atom is -0.465 e. The first-order valence-electron chi connectivity index (χ1n) is 6.32. The Kier molecular flexibility index (Phi) is 3.40. The molecule has 2 heterocycles. The van der Waals surface area contributed by atoms with E-state index < -0.39 is 17.6 Å². The molecule has 0 aliphatic rings. The SMILES string of the molecule is [B]c1ccc(F)c(F)c1-c1cn2ccc(C(=O)OC)cc2n1. The molecule has 0 aliphatic heterocycles. The second kappa shape index (κ2) is 5.25. The number of hydrogen-bond donors (Lipinski definition) is 0. The Morgan fingerprint density at radius 3 is 2.82 bits per heavy atom. The van der Waals surface area contributed by atoms with E-state index in [1.54, 1.807) is 10.6 Å². The highest BCUT2D eigenvalue weighted by atomic mass is 19.2. The summed E-state index contributed by atoms with van der Waals surface area (Å²) in [6, 6.07) is 5.26. The molecule has 0 fully saturated rings. The number of esters is 1. The van der Waals surface area contributed by atoms with Crippen LogP contribution in [0, 0.1) is 11.6 Å². The first-order chi connectivity index (χ1) is 10.5. The zero-order valence-corrected chi connectivity index (χ0v) is 11.5. The summed E-state index contributed by atoms with van der Waals surface area (Å²) < 4.78 is 33.6. The Hall–Kier alpha value is -2.70. The summed E-state index contributed by atoms with van der Waals surface area (Å²) in [5.74, 6) is -2.57. The molecule has 0 atom stereocenters. The molecule has 0 saturated carbocycles. The van der Waals surface area contributed by atoms with Crippen molar-refractivity contribution in [3.63, 3.8) is 0 Å². The van der Waals surface area contributed by atoms with Gasteiger partial charge in [-0.25, -0.2) is 18.6 Å². The van der Waals surface area contributed by atoms with E-state index in [2.05, 4.69) is 9.72 Å². The molecule has 0 bridgehead atoms. The van der Waals surface area contributed by atoms with Crippen molar-refractivity contribution < 1.29 is 18.3 Å². The highest BCUT2D eigenvalue weighted by molar-refractivity contribution is 6.35. The summed E-state index contributed by atoms with van der Waals surface area (Å²) in [6.45, 7) is 0. The van der Waals surface area contributed by atoms with Crippen LogP contribution in [0.5, 0.6) is 0 Å². The van der Waals surface area contributed by atoms with Crippen LogP contribution in [-0.4, -0.2) is 30.3 Å². The Labute approximate surface area is 125 Å². The van der Waals surface area contributed by atoms with Crippen LogP contribution < -0.4 is 5.46 Å². The van der Waals surface area contributed by atoms with Gasteiger partial charge in [-0.1, -0.05) is 11.5 Å². The number of fused-ring (bicyclic) bond motifs is 1. The summed E-state index contributed by atoms with van der Waals surface area (Å²) in [6.07, 6.45) is 3.08. The van der Waals surface area contributed by atoms with Crippen LogP contribution >= 0.6 is 0 Å². The van der Waals surface area contributed by atoms with E-state index in [4.69, 9.17) is 7.85 Å². The van der Waals surface area contributed by atoms with Gasteiger partial charge < -0.3 is 9.14 Å². The number of benzene rings is 1. The Morgan fingerprint density at radius 1 is 1.32 bits per heavy atom. The minimum absolute atomic E-state index is 0.0792. The van der Waals surface area contributed by atoms with Crippen LogP contribution in [0.15, 0.2) is 36.7 Å². The third-order valence-corrected chi connectivity index (χ3v) is 3.26. The van der Waals surface area contributed by atoms with E-state index in [0.29, 0.717) is 11.2 Å². The topological polar surface area (TPSA) is 43.6 Å². The quantitative estimate of drug-likeness (QED) is 0.536. The number of pyridine rings is 1. The number of halogens is 2. The number of carbonyl (C=O) groups excluding carboxylic acids is 1. The molecule has 0 saturated heterocycles. The molecule has 4 nitrogen and oxygen atoms in total. The van der Waals surface area contributed by atoms with E-state index in [0.717, 1.165) is 6.07 Å². The van der Waals surface area contributed by atoms with Crippen LogP contribution in [-0.2, 0) is 4.74 Å². The summed E-state index contributed by atoms with van der Waals surface area (Å²) in [7, 11) is 6.98. The lowest BCUT2D eigenvalue weighted by Crippen LogP contribution is -2.10. The van der Waals surface area contributed by atoms with Crippen LogP contribution in [0.3, 0.4) is 0 Å². The van der Waals surface area contributed by atoms with Gasteiger partial charge in [0.25, 0.3) is 0 Å². The first-order valence-corrected chi connectivity index (χ1v) is 6.32. The summed E-state index contributed by atoms with van der Waals surface area (Å²) >= 11 is 0. The fourth-order valence-electron chi connectivity index (χ4n) is 2.17. The molecule has 0 N–H and O–H groups in total. The number of rotatable bonds is 2. The molecular formula is C15H9BF2N2O2. The Bertz CT molecular complexity index is 893. The van der Waals surface area contributed by atoms with E-state index in [-0.39, 0.29) is 16.7 Å². The standard InChI is InChI=1S/C15H9BF2N2O2/c1-22-15(21)8-4-5-20-7-11(19-12(20)6-8)13-9(16)2-3-10(17)14(13)18/h2-7H,1H3. The monoisotopic (exact) mass is 298 g/mol. The Balaban J connectivity index is 2.17. The van der Waals surface area contributed by atoms with E-state index >= 15 is 0 Å². The van der Waals surface area contributed by atoms with Gasteiger partial charge in [0.15, 0.2) is 11.6 Å². The zero-order valence-electron chi connectivity index (χ0n) is 11.5. The maximum Gasteiger partial charge on any atom is 0.338 e. The van der Waals surface area contributed by atoms with E-state index in [1.165, 1.54) is 31.5 Å². The molecular weight excluding hydrogens is 289 g/mol. The molecule has 22 heavy (non-hydrogen) atoms. The maximum absolute atomic E-state index is 14.0. The minimum atomic E-state index is -1.06. The third kappa shape index (κ3) is 2.24. The maximum atomic E-state index is 14.0. The summed E-state index contributed by atoms with van der Waals surface area (Å²) in [4.78, 5) is 15.7. The molecule has 7 heteroatoms. The normalized spacial score (nSPS) is 10.9. The number of ether oxygens (including phenoxy) is 1. The summed E-state index contributed by atoms with van der Waals surface area (Å²) in [5.41, 5.74) is 0.844. The highest BCUT2D eigenvalue weighted by Gasteiger charge is 2.16. The largest absolute Gasteiger partial charge is 0.465 e. The number of methoxy groups -OCH3 is 1. The van der Waals surface area contributed by atoms with Gasteiger partial charge in [0.2, 0.25) is 0 Å². The van der Waals surface area contributed by atoms with Gasteiger partial charge in [-0.05, 0) is 18.2 Å². The van der Waals surface area contributed by atoms with Gasteiger partial charge in [0.05, 0.1) is 18.4 Å². The molecule has 0 spiro atoms. The van der Waals surface area contributed by atoms with Crippen molar-refractivity contribution in [3.05, 3.63) is 53.9 Å². The Morgan fingerprint density at radius 2 is 2.09 bits per heavy atom. The van der Waals surface area contributed by atoms with Crippen LogP contribution in [0.25, 0.3) is 16.9 Å². The lowest BCUT2D eigenvalue weighted by Gasteiger charge is -2.04. The molecule has 2 aromatic heterocycles. The van der Waals surface area contributed by atoms with Gasteiger partial charge >= 0.3 is 5.97 Å². The second-order valence-corrected chi connectivity index (χ2v) is 4.62. The number of imidazole rings is 1. The van der Waals surface area contributed by atoms with Gasteiger partial charge in [0, 0.05) is 18.0 Å². The van der Waals surface area contributed by atoms with Crippen LogP contribution in [0.2, 0.25) is 0 Å². The van der Waals surface area contributed by atoms with Crippen LogP contribution in [0.1, 0.15) is 10.4 Å². The van der Waals surface area contributed by atoms with Gasteiger partial charge in [-0.2, -0.15) is 0 Å².